The van der Waals surface area contributed by atoms with Crippen molar-refractivity contribution in [3.05, 3.63) is 40.2 Å². The highest BCUT2D eigenvalue weighted by Crippen LogP contribution is 2.26. The van der Waals surface area contributed by atoms with Crippen LogP contribution >= 0.6 is 0 Å². The molecule has 1 aromatic carbocycles. The van der Waals surface area contributed by atoms with E-state index in [2.05, 4.69) is 10.3 Å². The van der Waals surface area contributed by atoms with Gasteiger partial charge in [0.2, 0.25) is 5.91 Å². The molecule has 1 aliphatic heterocycles. The lowest BCUT2D eigenvalue weighted by molar-refractivity contribution is -0.134. The SMILES string of the molecule is Cc1nc2ccc(F)cc2c(=O)n1C1(C)CCCC(=O)NC1=O. The molecule has 7 heteroatoms. The van der Waals surface area contributed by atoms with E-state index in [9.17, 15) is 18.8 Å². The Morgan fingerprint density at radius 3 is 2.78 bits per heavy atom. The van der Waals surface area contributed by atoms with Crippen LogP contribution in [0.5, 0.6) is 0 Å². The molecule has 23 heavy (non-hydrogen) atoms. The average Bonchev–Trinajstić information content (AvgIpc) is 2.59. The predicted molar refractivity (Wildman–Crippen MR) is 81.3 cm³/mol. The number of hydrogen-bond donors (Lipinski definition) is 1. The second-order valence-electron chi connectivity index (χ2n) is 5.97. The third kappa shape index (κ3) is 2.42. The fraction of sp³-hybridized carbons (Fsp3) is 0.375. The highest BCUT2D eigenvalue weighted by atomic mass is 19.1. The molecule has 0 spiro atoms. The van der Waals surface area contributed by atoms with E-state index in [4.69, 9.17) is 0 Å². The van der Waals surface area contributed by atoms with Gasteiger partial charge in [-0.3, -0.25) is 24.3 Å². The Kier molecular flexibility index (Phi) is 3.50. The van der Waals surface area contributed by atoms with Crippen molar-refractivity contribution in [1.29, 1.82) is 0 Å². The van der Waals surface area contributed by atoms with Gasteiger partial charge in [-0.15, -0.1) is 0 Å². The van der Waals surface area contributed by atoms with E-state index in [1.165, 1.54) is 16.7 Å². The van der Waals surface area contributed by atoms with Crippen LogP contribution in [-0.4, -0.2) is 21.4 Å². The molecular weight excluding hydrogens is 301 g/mol. The molecule has 1 aliphatic rings. The first-order valence-corrected chi connectivity index (χ1v) is 7.36. The van der Waals surface area contributed by atoms with Crippen molar-refractivity contribution in [2.24, 2.45) is 0 Å². The van der Waals surface area contributed by atoms with Crippen LogP contribution in [-0.2, 0) is 15.1 Å². The van der Waals surface area contributed by atoms with E-state index in [-0.39, 0.29) is 17.7 Å². The lowest BCUT2D eigenvalue weighted by Gasteiger charge is -2.30. The maximum atomic E-state index is 13.5. The summed E-state index contributed by atoms with van der Waals surface area (Å²) in [4.78, 5) is 41.2. The van der Waals surface area contributed by atoms with Crippen LogP contribution in [0.3, 0.4) is 0 Å². The first-order chi connectivity index (χ1) is 10.8. The van der Waals surface area contributed by atoms with Crippen LogP contribution in [0, 0.1) is 12.7 Å². The van der Waals surface area contributed by atoms with Crippen molar-refractivity contribution in [1.82, 2.24) is 14.9 Å². The number of aryl methyl sites for hydroxylation is 1. The molecule has 120 valence electrons. The van der Waals surface area contributed by atoms with E-state index in [1.54, 1.807) is 13.8 Å². The molecule has 1 N–H and O–H groups in total. The summed E-state index contributed by atoms with van der Waals surface area (Å²) in [5, 5.41) is 2.42. The van der Waals surface area contributed by atoms with E-state index >= 15 is 0 Å². The number of nitrogens with zero attached hydrogens (tertiary/aromatic N) is 2. The molecule has 0 saturated carbocycles. The molecule has 6 nitrogen and oxygen atoms in total. The minimum absolute atomic E-state index is 0.111. The van der Waals surface area contributed by atoms with Crippen molar-refractivity contribution >= 4 is 22.7 Å². The van der Waals surface area contributed by atoms with Crippen LogP contribution in [0.2, 0.25) is 0 Å². The minimum Gasteiger partial charge on any atom is -0.294 e. The Hall–Kier alpha value is -2.57. The van der Waals surface area contributed by atoms with Crippen molar-refractivity contribution < 1.29 is 14.0 Å². The van der Waals surface area contributed by atoms with Gasteiger partial charge in [-0.25, -0.2) is 9.37 Å². The quantitative estimate of drug-likeness (QED) is 0.806. The minimum atomic E-state index is -1.24. The maximum Gasteiger partial charge on any atom is 0.262 e. The topological polar surface area (TPSA) is 81.1 Å². The van der Waals surface area contributed by atoms with E-state index in [1.807, 2.05) is 0 Å². The zero-order valence-corrected chi connectivity index (χ0v) is 12.9. The monoisotopic (exact) mass is 317 g/mol. The zero-order valence-electron chi connectivity index (χ0n) is 12.9. The second kappa shape index (κ2) is 5.26. The summed E-state index contributed by atoms with van der Waals surface area (Å²) < 4.78 is 14.7. The number of benzene rings is 1. The zero-order chi connectivity index (χ0) is 16.8. The number of halogens is 1. The largest absolute Gasteiger partial charge is 0.294 e. The van der Waals surface area contributed by atoms with Gasteiger partial charge in [0.1, 0.15) is 17.2 Å². The fourth-order valence-electron chi connectivity index (χ4n) is 3.09. The summed E-state index contributed by atoms with van der Waals surface area (Å²) in [6, 6.07) is 3.78. The number of aromatic nitrogens is 2. The summed E-state index contributed by atoms with van der Waals surface area (Å²) in [6.07, 6.45) is 1.03. The lowest BCUT2D eigenvalue weighted by Crippen LogP contribution is -2.51. The van der Waals surface area contributed by atoms with Gasteiger partial charge in [0.05, 0.1) is 10.9 Å². The number of fused-ring (bicyclic) bond motifs is 1. The van der Waals surface area contributed by atoms with Crippen LogP contribution in [0.1, 0.15) is 32.0 Å². The first kappa shape index (κ1) is 15.3. The molecule has 3 rings (SSSR count). The van der Waals surface area contributed by atoms with Gasteiger partial charge in [-0.2, -0.15) is 0 Å². The molecule has 0 radical (unpaired) electrons. The molecular formula is C16H16FN3O3. The molecule has 0 bridgehead atoms. The van der Waals surface area contributed by atoms with Gasteiger partial charge in [-0.1, -0.05) is 0 Å². The van der Waals surface area contributed by atoms with E-state index < -0.39 is 22.8 Å². The first-order valence-electron chi connectivity index (χ1n) is 7.36. The van der Waals surface area contributed by atoms with Gasteiger partial charge in [-0.05, 0) is 44.9 Å². The van der Waals surface area contributed by atoms with Crippen molar-refractivity contribution in [3.8, 4) is 0 Å². The fourth-order valence-corrected chi connectivity index (χ4v) is 3.09. The molecule has 2 heterocycles. The van der Waals surface area contributed by atoms with Gasteiger partial charge >= 0.3 is 0 Å². The molecule has 1 atom stereocenters. The van der Waals surface area contributed by atoms with Crippen molar-refractivity contribution in [3.63, 3.8) is 0 Å². The van der Waals surface area contributed by atoms with Gasteiger partial charge in [0, 0.05) is 6.42 Å². The Bertz CT molecular complexity index is 890. The third-order valence-corrected chi connectivity index (χ3v) is 4.30. The van der Waals surface area contributed by atoms with Crippen LogP contribution in [0.15, 0.2) is 23.0 Å². The number of rotatable bonds is 1. The molecule has 1 saturated heterocycles. The van der Waals surface area contributed by atoms with Crippen molar-refractivity contribution in [2.75, 3.05) is 0 Å². The molecule has 2 aromatic rings. The number of imide groups is 1. The third-order valence-electron chi connectivity index (χ3n) is 4.30. The average molecular weight is 317 g/mol. The summed E-state index contributed by atoms with van der Waals surface area (Å²) in [7, 11) is 0. The van der Waals surface area contributed by atoms with Crippen molar-refractivity contribution in [2.45, 2.75) is 38.6 Å². The van der Waals surface area contributed by atoms with Gasteiger partial charge in [0.25, 0.3) is 11.5 Å². The molecule has 0 aliphatic carbocycles. The number of carbonyl (C=O) groups excluding carboxylic acids is 2. The second-order valence-corrected chi connectivity index (χ2v) is 5.97. The predicted octanol–water partition coefficient (Wildman–Crippen LogP) is 1.39. The highest BCUT2D eigenvalue weighted by molar-refractivity contribution is 5.99. The molecule has 1 unspecified atom stereocenters. The van der Waals surface area contributed by atoms with Crippen LogP contribution in [0.4, 0.5) is 4.39 Å². The van der Waals surface area contributed by atoms with Crippen LogP contribution in [0.25, 0.3) is 10.9 Å². The highest BCUT2D eigenvalue weighted by Gasteiger charge is 2.40. The molecule has 1 aromatic heterocycles. The van der Waals surface area contributed by atoms with Gasteiger partial charge in [0.15, 0.2) is 0 Å². The lowest BCUT2D eigenvalue weighted by atomic mass is 9.94. The summed E-state index contributed by atoms with van der Waals surface area (Å²) >= 11 is 0. The smallest absolute Gasteiger partial charge is 0.262 e. The Morgan fingerprint density at radius 2 is 2.04 bits per heavy atom. The van der Waals surface area contributed by atoms with Gasteiger partial charge < -0.3 is 0 Å². The Balaban J connectivity index is 2.28. The summed E-state index contributed by atoms with van der Waals surface area (Å²) in [5.41, 5.74) is -1.35. The normalized spacial score (nSPS) is 22.0. The number of hydrogen-bond acceptors (Lipinski definition) is 4. The number of nitrogens with one attached hydrogen (secondary N) is 1. The van der Waals surface area contributed by atoms with E-state index in [0.717, 1.165) is 6.07 Å². The number of amides is 2. The standard InChI is InChI=1S/C16H16FN3O3/c1-9-18-12-6-5-10(17)8-11(12)14(22)20(9)16(2)7-3-4-13(21)19-15(16)23/h5-6,8H,3-4,7H2,1-2H3,(H,19,21,23). The Labute approximate surface area is 131 Å². The molecule has 1 fully saturated rings. The molecule has 2 amide bonds. The maximum absolute atomic E-state index is 13.5. The van der Waals surface area contributed by atoms with E-state index in [0.29, 0.717) is 24.2 Å². The summed E-state index contributed by atoms with van der Waals surface area (Å²) in [5.74, 6) is -1.09. The summed E-state index contributed by atoms with van der Waals surface area (Å²) in [6.45, 7) is 3.22. The Morgan fingerprint density at radius 1 is 1.30 bits per heavy atom. The number of carbonyl (C=O) groups is 2. The van der Waals surface area contributed by atoms with Crippen LogP contribution < -0.4 is 10.9 Å².